The number of fused-ring (bicyclic) bond motifs is 5. The van der Waals surface area contributed by atoms with Crippen LogP contribution in [0, 0.1) is 29.1 Å². The monoisotopic (exact) mass is 314 g/mol. The summed E-state index contributed by atoms with van der Waals surface area (Å²) in [5.74, 6) is 2.67. The highest BCUT2D eigenvalue weighted by atomic mass is 16.5. The van der Waals surface area contributed by atoms with Crippen molar-refractivity contribution in [3.05, 3.63) is 23.8 Å². The molecule has 2 fully saturated rings. The van der Waals surface area contributed by atoms with Gasteiger partial charge in [-0.25, -0.2) is 0 Å². The van der Waals surface area contributed by atoms with Gasteiger partial charge in [0.2, 0.25) is 0 Å². The van der Waals surface area contributed by atoms with Gasteiger partial charge in [-0.05, 0) is 67.4 Å². The van der Waals surface area contributed by atoms with Crippen LogP contribution in [-0.4, -0.2) is 18.4 Å². The molecule has 0 amide bonds. The lowest BCUT2D eigenvalue weighted by molar-refractivity contribution is -0.148. The Kier molecular flexibility index (Phi) is 3.70. The molecule has 124 valence electrons. The average Bonchev–Trinajstić information content (AvgIpc) is 2.97. The van der Waals surface area contributed by atoms with E-state index in [1.165, 1.54) is 44.6 Å². The number of carbonyl (C=O) groups is 2. The van der Waals surface area contributed by atoms with Crippen LogP contribution in [0.4, 0.5) is 0 Å². The Balaban J connectivity index is 1.61. The summed E-state index contributed by atoms with van der Waals surface area (Å²) in [5.41, 5.74) is 1.48. The molecule has 0 spiro atoms. The molecule has 5 atom stereocenters. The van der Waals surface area contributed by atoms with Gasteiger partial charge in [0.05, 0.1) is 6.61 Å². The third-order valence-electron chi connectivity index (χ3n) is 6.96. The van der Waals surface area contributed by atoms with E-state index >= 15 is 0 Å². The summed E-state index contributed by atoms with van der Waals surface area (Å²) in [7, 11) is 0. The van der Waals surface area contributed by atoms with Gasteiger partial charge in [0.25, 0.3) is 0 Å². The summed E-state index contributed by atoms with van der Waals surface area (Å²) in [6.07, 6.45) is 14.3. The van der Waals surface area contributed by atoms with Gasteiger partial charge in [-0.15, -0.1) is 0 Å². The molecule has 0 aromatic rings. The van der Waals surface area contributed by atoms with Crippen molar-refractivity contribution in [1.29, 1.82) is 0 Å². The highest BCUT2D eigenvalue weighted by Crippen LogP contribution is 2.60. The minimum absolute atomic E-state index is 0.151. The lowest BCUT2D eigenvalue weighted by atomic mass is 9.54. The molecule has 4 aliphatic carbocycles. The summed E-state index contributed by atoms with van der Waals surface area (Å²) in [6.45, 7) is 2.12. The van der Waals surface area contributed by atoms with Gasteiger partial charge in [0.1, 0.15) is 0 Å². The maximum atomic E-state index is 11.7. The molecule has 4 aliphatic rings. The number of hydrogen-bond acceptors (Lipinski definition) is 3. The molecule has 2 saturated carbocycles. The molecule has 0 bridgehead atoms. The Morgan fingerprint density at radius 1 is 1.30 bits per heavy atom. The highest BCUT2D eigenvalue weighted by Gasteiger charge is 2.53. The van der Waals surface area contributed by atoms with Gasteiger partial charge in [-0.2, -0.15) is 0 Å². The molecule has 3 heteroatoms. The van der Waals surface area contributed by atoms with E-state index < -0.39 is 0 Å². The lowest BCUT2D eigenvalue weighted by Gasteiger charge is -2.51. The second kappa shape index (κ2) is 5.61. The Bertz CT molecular complexity index is 588. The van der Waals surface area contributed by atoms with Crippen molar-refractivity contribution in [3.8, 4) is 0 Å². The molecule has 0 aliphatic heterocycles. The summed E-state index contributed by atoms with van der Waals surface area (Å²) >= 11 is 0. The molecule has 0 saturated heterocycles. The fraction of sp³-hybridized carbons (Fsp3) is 0.700. The summed E-state index contributed by atoms with van der Waals surface area (Å²) in [5, 5.41) is 0. The first-order chi connectivity index (χ1) is 11.1. The van der Waals surface area contributed by atoms with Gasteiger partial charge in [-0.1, -0.05) is 18.6 Å². The van der Waals surface area contributed by atoms with Crippen LogP contribution in [0.25, 0.3) is 0 Å². The minimum Gasteiger partial charge on any atom is -0.465 e. The molecular weight excluding hydrogens is 288 g/mol. The van der Waals surface area contributed by atoms with Crippen molar-refractivity contribution >= 4 is 11.8 Å². The smallest absolute Gasteiger partial charge is 0.302 e. The number of ketones is 1. The molecule has 0 aromatic heterocycles. The maximum absolute atomic E-state index is 11.7. The molecule has 0 aromatic carbocycles. The van der Waals surface area contributed by atoms with E-state index in [2.05, 4.69) is 12.2 Å². The second-order valence-corrected chi connectivity index (χ2v) is 8.04. The standard InChI is InChI=1S/C20H26O3/c1-13(21)23-12-20-9-2-3-19(20)18-6-4-14-11-15(22)5-7-16(14)17(18)8-10-20/h4,6,11,16-19H,2-3,5,7-10,12H2,1H3/t16-,17+,18+,19-,20-/m0/s1. The van der Waals surface area contributed by atoms with E-state index in [1.807, 2.05) is 6.08 Å². The van der Waals surface area contributed by atoms with Crippen molar-refractivity contribution in [3.63, 3.8) is 0 Å². The molecule has 3 nitrogen and oxygen atoms in total. The SMILES string of the molecule is CC(=O)OC[C@@]12CCC[C@H]1[C@@H]1C=CC3=CC(=O)CC[C@@H]3[C@H]1CC2. The summed E-state index contributed by atoms with van der Waals surface area (Å²) < 4.78 is 5.47. The predicted octanol–water partition coefficient (Wildman–Crippen LogP) is 3.84. The molecule has 0 N–H and O–H groups in total. The van der Waals surface area contributed by atoms with E-state index in [-0.39, 0.29) is 11.4 Å². The fourth-order valence-electron chi connectivity index (χ4n) is 5.95. The Morgan fingerprint density at radius 3 is 3.00 bits per heavy atom. The van der Waals surface area contributed by atoms with Gasteiger partial charge in [0, 0.05) is 18.8 Å². The number of rotatable bonds is 2. The van der Waals surface area contributed by atoms with Crippen LogP contribution < -0.4 is 0 Å². The molecular formula is C20H26O3. The van der Waals surface area contributed by atoms with Crippen molar-refractivity contribution < 1.29 is 14.3 Å². The first kappa shape index (κ1) is 15.2. The average molecular weight is 314 g/mol. The third-order valence-corrected chi connectivity index (χ3v) is 6.96. The molecule has 0 radical (unpaired) electrons. The van der Waals surface area contributed by atoms with Gasteiger partial charge in [0.15, 0.2) is 5.78 Å². The van der Waals surface area contributed by atoms with Crippen molar-refractivity contribution in [2.45, 2.75) is 51.9 Å². The van der Waals surface area contributed by atoms with E-state index in [4.69, 9.17) is 4.74 Å². The van der Waals surface area contributed by atoms with Crippen LogP contribution in [0.1, 0.15) is 51.9 Å². The summed E-state index contributed by atoms with van der Waals surface area (Å²) in [4.78, 5) is 23.0. The van der Waals surface area contributed by atoms with E-state index in [0.717, 1.165) is 6.42 Å². The van der Waals surface area contributed by atoms with Gasteiger partial charge >= 0.3 is 5.97 Å². The highest BCUT2D eigenvalue weighted by molar-refractivity contribution is 5.91. The van der Waals surface area contributed by atoms with Crippen LogP contribution >= 0.6 is 0 Å². The molecule has 4 rings (SSSR count). The summed E-state index contributed by atoms with van der Waals surface area (Å²) in [6, 6.07) is 0. The van der Waals surface area contributed by atoms with Crippen molar-refractivity contribution in [2.24, 2.45) is 29.1 Å². The van der Waals surface area contributed by atoms with E-state index in [9.17, 15) is 9.59 Å². The topological polar surface area (TPSA) is 43.4 Å². The van der Waals surface area contributed by atoms with E-state index in [1.54, 1.807) is 0 Å². The zero-order chi connectivity index (χ0) is 16.0. The number of allylic oxidation sites excluding steroid dienone is 4. The minimum atomic E-state index is -0.151. The van der Waals surface area contributed by atoms with Crippen LogP contribution in [-0.2, 0) is 14.3 Å². The van der Waals surface area contributed by atoms with Crippen LogP contribution in [0.15, 0.2) is 23.8 Å². The predicted molar refractivity (Wildman–Crippen MR) is 87.6 cm³/mol. The quantitative estimate of drug-likeness (QED) is 0.727. The van der Waals surface area contributed by atoms with Gasteiger partial charge < -0.3 is 4.74 Å². The first-order valence-electron chi connectivity index (χ1n) is 9.15. The third kappa shape index (κ3) is 2.49. The lowest BCUT2D eigenvalue weighted by Crippen LogP contribution is -2.46. The van der Waals surface area contributed by atoms with Crippen LogP contribution in [0.2, 0.25) is 0 Å². The van der Waals surface area contributed by atoms with Crippen LogP contribution in [0.5, 0.6) is 0 Å². The molecule has 0 heterocycles. The second-order valence-electron chi connectivity index (χ2n) is 8.04. The fourth-order valence-corrected chi connectivity index (χ4v) is 5.95. The number of esters is 1. The zero-order valence-corrected chi connectivity index (χ0v) is 13.9. The van der Waals surface area contributed by atoms with Crippen LogP contribution in [0.3, 0.4) is 0 Å². The number of ether oxygens (including phenoxy) is 1. The zero-order valence-electron chi connectivity index (χ0n) is 13.9. The Labute approximate surface area is 138 Å². The normalized spacial score (nSPS) is 41.6. The Morgan fingerprint density at radius 2 is 2.17 bits per heavy atom. The molecule has 23 heavy (non-hydrogen) atoms. The van der Waals surface area contributed by atoms with E-state index in [0.29, 0.717) is 42.5 Å². The van der Waals surface area contributed by atoms with Crippen molar-refractivity contribution in [1.82, 2.24) is 0 Å². The first-order valence-corrected chi connectivity index (χ1v) is 9.15. The maximum Gasteiger partial charge on any atom is 0.302 e. The van der Waals surface area contributed by atoms with Gasteiger partial charge in [-0.3, -0.25) is 9.59 Å². The number of carbonyl (C=O) groups excluding carboxylic acids is 2. The largest absolute Gasteiger partial charge is 0.465 e. The Hall–Kier alpha value is -1.38. The van der Waals surface area contributed by atoms with Crippen molar-refractivity contribution in [2.75, 3.05) is 6.61 Å². The number of hydrogen-bond donors (Lipinski definition) is 0. The molecule has 0 unspecified atom stereocenters.